The molecule has 1 N–H and O–H groups in total. The van der Waals surface area contributed by atoms with Crippen LogP contribution in [0.3, 0.4) is 0 Å². The Balaban J connectivity index is 2.22. The quantitative estimate of drug-likeness (QED) is 0.590. The van der Waals surface area contributed by atoms with Crippen molar-refractivity contribution in [3.8, 4) is 0 Å². The van der Waals surface area contributed by atoms with Crippen molar-refractivity contribution in [2.45, 2.75) is 6.42 Å². The van der Waals surface area contributed by atoms with Gasteiger partial charge in [-0.05, 0) is 28.8 Å². The Hall–Kier alpha value is -1.36. The third-order valence-corrected chi connectivity index (χ3v) is 2.38. The Labute approximate surface area is 85.9 Å². The van der Waals surface area contributed by atoms with Gasteiger partial charge in [-0.2, -0.15) is 11.3 Å². The number of ether oxygens (including phenoxy) is 1. The van der Waals surface area contributed by atoms with Gasteiger partial charge in [0.05, 0.1) is 7.11 Å². The minimum Gasteiger partial charge on any atom is -0.462 e. The molecule has 1 amide bonds. The molecular formula is C9H11NO3S. The molecule has 0 fully saturated rings. The molecule has 14 heavy (non-hydrogen) atoms. The van der Waals surface area contributed by atoms with Crippen LogP contribution in [0.5, 0.6) is 0 Å². The highest BCUT2D eigenvalue weighted by Gasteiger charge is 2.11. The lowest BCUT2D eigenvalue weighted by atomic mass is 10.2. The highest BCUT2D eigenvalue weighted by Crippen LogP contribution is 2.05. The molecule has 0 saturated heterocycles. The van der Waals surface area contributed by atoms with E-state index in [0.717, 1.165) is 12.0 Å². The number of amides is 1. The van der Waals surface area contributed by atoms with E-state index in [0.29, 0.717) is 6.54 Å². The fourth-order valence-electron chi connectivity index (χ4n) is 0.920. The standard InChI is InChI=1S/C9H11NO3S/c1-13-9(12)8(11)10-4-2-7-3-5-14-6-7/h3,5-6H,2,4H2,1H3,(H,10,11). The van der Waals surface area contributed by atoms with Crippen molar-refractivity contribution in [1.29, 1.82) is 0 Å². The van der Waals surface area contributed by atoms with Crippen LogP contribution >= 0.6 is 11.3 Å². The van der Waals surface area contributed by atoms with Gasteiger partial charge in [0.2, 0.25) is 0 Å². The van der Waals surface area contributed by atoms with Crippen LogP contribution in [0, 0.1) is 0 Å². The van der Waals surface area contributed by atoms with E-state index in [9.17, 15) is 9.59 Å². The van der Waals surface area contributed by atoms with E-state index in [2.05, 4.69) is 10.1 Å². The van der Waals surface area contributed by atoms with Gasteiger partial charge in [0.15, 0.2) is 0 Å². The maximum atomic E-state index is 10.9. The highest BCUT2D eigenvalue weighted by atomic mass is 32.1. The summed E-state index contributed by atoms with van der Waals surface area (Å²) in [6.45, 7) is 0.449. The maximum Gasteiger partial charge on any atom is 0.396 e. The zero-order valence-corrected chi connectivity index (χ0v) is 8.60. The molecule has 0 aliphatic carbocycles. The minimum absolute atomic E-state index is 0.449. The zero-order chi connectivity index (χ0) is 10.4. The van der Waals surface area contributed by atoms with E-state index in [-0.39, 0.29) is 0 Å². The second-order valence-electron chi connectivity index (χ2n) is 2.63. The van der Waals surface area contributed by atoms with Gasteiger partial charge in [-0.15, -0.1) is 0 Å². The number of thiophene rings is 1. The number of esters is 1. The van der Waals surface area contributed by atoms with Gasteiger partial charge in [0.25, 0.3) is 0 Å². The van der Waals surface area contributed by atoms with Crippen molar-refractivity contribution in [3.05, 3.63) is 22.4 Å². The molecule has 0 saturated carbocycles. The Morgan fingerprint density at radius 2 is 2.36 bits per heavy atom. The van der Waals surface area contributed by atoms with E-state index >= 15 is 0 Å². The molecule has 0 unspecified atom stereocenters. The summed E-state index contributed by atoms with van der Waals surface area (Å²) in [6, 6.07) is 1.98. The normalized spacial score (nSPS) is 9.50. The van der Waals surface area contributed by atoms with Crippen LogP contribution in [0.15, 0.2) is 16.8 Å². The van der Waals surface area contributed by atoms with Gasteiger partial charge in [0.1, 0.15) is 0 Å². The van der Waals surface area contributed by atoms with Crippen LogP contribution in [-0.4, -0.2) is 25.5 Å². The van der Waals surface area contributed by atoms with Gasteiger partial charge in [-0.3, -0.25) is 4.79 Å². The molecule has 1 aromatic heterocycles. The second-order valence-corrected chi connectivity index (χ2v) is 3.41. The van der Waals surface area contributed by atoms with Gasteiger partial charge >= 0.3 is 11.9 Å². The highest BCUT2D eigenvalue weighted by molar-refractivity contribution is 7.07. The zero-order valence-electron chi connectivity index (χ0n) is 7.78. The van der Waals surface area contributed by atoms with Crippen LogP contribution < -0.4 is 5.32 Å². The summed E-state index contributed by atoms with van der Waals surface area (Å²) < 4.78 is 4.25. The van der Waals surface area contributed by atoms with Gasteiger partial charge < -0.3 is 10.1 Å². The summed E-state index contributed by atoms with van der Waals surface area (Å²) >= 11 is 1.60. The fraction of sp³-hybridized carbons (Fsp3) is 0.333. The van der Waals surface area contributed by atoms with Crippen molar-refractivity contribution in [3.63, 3.8) is 0 Å². The maximum absolute atomic E-state index is 10.9. The summed E-state index contributed by atoms with van der Waals surface area (Å²) in [5.41, 5.74) is 1.15. The smallest absolute Gasteiger partial charge is 0.396 e. The van der Waals surface area contributed by atoms with Crippen molar-refractivity contribution in [1.82, 2.24) is 5.32 Å². The minimum atomic E-state index is -0.852. The molecule has 4 nitrogen and oxygen atoms in total. The van der Waals surface area contributed by atoms with Gasteiger partial charge in [-0.25, -0.2) is 4.79 Å². The van der Waals surface area contributed by atoms with Gasteiger partial charge in [-0.1, -0.05) is 0 Å². The van der Waals surface area contributed by atoms with E-state index in [1.165, 1.54) is 7.11 Å². The lowest BCUT2D eigenvalue weighted by Gasteiger charge is -2.01. The molecule has 1 aromatic rings. The molecule has 5 heteroatoms. The first kappa shape index (κ1) is 10.7. The number of hydrogen-bond donors (Lipinski definition) is 1. The predicted molar refractivity (Wildman–Crippen MR) is 53.0 cm³/mol. The lowest BCUT2D eigenvalue weighted by molar-refractivity contribution is -0.152. The first-order chi connectivity index (χ1) is 6.74. The molecule has 1 rings (SSSR count). The van der Waals surface area contributed by atoms with Gasteiger partial charge in [0, 0.05) is 6.54 Å². The monoisotopic (exact) mass is 213 g/mol. The topological polar surface area (TPSA) is 55.4 Å². The summed E-state index contributed by atoms with van der Waals surface area (Å²) in [5.74, 6) is -1.54. The predicted octanol–water partition coefficient (Wildman–Crippen LogP) is 0.580. The Morgan fingerprint density at radius 1 is 1.57 bits per heavy atom. The third-order valence-electron chi connectivity index (χ3n) is 1.65. The summed E-state index contributed by atoms with van der Waals surface area (Å²) in [7, 11) is 1.18. The Bertz CT molecular complexity index is 308. The molecule has 1 heterocycles. The molecule has 0 radical (unpaired) electrons. The van der Waals surface area contributed by atoms with E-state index in [4.69, 9.17) is 0 Å². The van der Waals surface area contributed by atoms with Crippen molar-refractivity contribution in [2.24, 2.45) is 0 Å². The molecule has 76 valence electrons. The van der Waals surface area contributed by atoms with Crippen LogP contribution in [-0.2, 0) is 20.7 Å². The average molecular weight is 213 g/mol. The molecule has 0 spiro atoms. The largest absolute Gasteiger partial charge is 0.462 e. The van der Waals surface area contributed by atoms with Crippen LogP contribution in [0.2, 0.25) is 0 Å². The summed E-state index contributed by atoms with van der Waals surface area (Å²) in [4.78, 5) is 21.6. The van der Waals surface area contributed by atoms with E-state index < -0.39 is 11.9 Å². The third kappa shape index (κ3) is 3.18. The van der Waals surface area contributed by atoms with Crippen LogP contribution in [0.4, 0.5) is 0 Å². The van der Waals surface area contributed by atoms with Crippen molar-refractivity contribution >= 4 is 23.2 Å². The molecule has 0 aliphatic rings. The Morgan fingerprint density at radius 3 is 2.93 bits per heavy atom. The van der Waals surface area contributed by atoms with Crippen LogP contribution in [0.1, 0.15) is 5.56 Å². The van der Waals surface area contributed by atoms with Crippen molar-refractivity contribution < 1.29 is 14.3 Å². The molecular weight excluding hydrogens is 202 g/mol. The SMILES string of the molecule is COC(=O)C(=O)NCCc1ccsc1. The number of nitrogens with one attached hydrogen (secondary N) is 1. The first-order valence-corrected chi connectivity index (χ1v) is 5.05. The van der Waals surface area contributed by atoms with Crippen molar-refractivity contribution in [2.75, 3.05) is 13.7 Å². The lowest BCUT2D eigenvalue weighted by Crippen LogP contribution is -2.33. The van der Waals surface area contributed by atoms with Crippen LogP contribution in [0.25, 0.3) is 0 Å². The number of rotatable bonds is 3. The fourth-order valence-corrected chi connectivity index (χ4v) is 1.62. The number of carbonyl (C=O) groups is 2. The average Bonchev–Trinajstić information content (AvgIpc) is 2.69. The number of methoxy groups -OCH3 is 1. The molecule has 0 atom stereocenters. The molecule has 0 aliphatic heterocycles. The second kappa shape index (κ2) is 5.39. The van der Waals surface area contributed by atoms with E-state index in [1.807, 2.05) is 16.8 Å². The summed E-state index contributed by atoms with van der Waals surface area (Å²) in [5, 5.41) is 6.44. The van der Waals surface area contributed by atoms with E-state index in [1.54, 1.807) is 11.3 Å². The molecule has 0 aromatic carbocycles. The molecule has 0 bridgehead atoms. The first-order valence-electron chi connectivity index (χ1n) is 4.11. The summed E-state index contributed by atoms with van der Waals surface area (Å²) in [6.07, 6.45) is 0.728. The number of hydrogen-bond acceptors (Lipinski definition) is 4. The Kier molecular flexibility index (Phi) is 4.12. The number of carbonyl (C=O) groups excluding carboxylic acids is 2.